The number of sulfonamides is 1. The minimum atomic E-state index is -3.94. The van der Waals surface area contributed by atoms with Gasteiger partial charge in [0.1, 0.15) is 17.3 Å². The molecule has 41 heavy (non-hydrogen) atoms. The van der Waals surface area contributed by atoms with Crippen molar-refractivity contribution in [2.45, 2.75) is 58.1 Å². The predicted octanol–water partition coefficient (Wildman–Crippen LogP) is 5.72. The first kappa shape index (κ1) is 31.6. The van der Waals surface area contributed by atoms with Crippen molar-refractivity contribution >= 4 is 56.9 Å². The fourth-order valence-corrected chi connectivity index (χ4v) is 5.07. The third-order valence-electron chi connectivity index (χ3n) is 5.84. The predicted molar refractivity (Wildman–Crippen MR) is 161 cm³/mol. The van der Waals surface area contributed by atoms with Gasteiger partial charge in [-0.1, -0.05) is 43.6 Å². The van der Waals surface area contributed by atoms with Gasteiger partial charge in [-0.3, -0.25) is 19.1 Å². The molecule has 0 radical (unpaired) electrons. The Bertz CT molecular complexity index is 1620. The number of halogens is 1. The van der Waals surface area contributed by atoms with E-state index in [1.807, 2.05) is 19.9 Å². The van der Waals surface area contributed by atoms with Gasteiger partial charge in [0.15, 0.2) is 5.16 Å². The molecule has 2 N–H and O–H groups in total. The first-order valence-electron chi connectivity index (χ1n) is 12.8. The summed E-state index contributed by atoms with van der Waals surface area (Å²) in [7, 11) is -3.94. The maximum Gasteiger partial charge on any atom is 0.408 e. The second-order valence-electron chi connectivity index (χ2n) is 10.6. The molecule has 2 aromatic heterocycles. The molecule has 0 unspecified atom stereocenters. The first-order valence-corrected chi connectivity index (χ1v) is 14.6. The van der Waals surface area contributed by atoms with Gasteiger partial charge in [0.2, 0.25) is 0 Å². The van der Waals surface area contributed by atoms with E-state index in [0.29, 0.717) is 22.2 Å². The molecular weight excluding hydrogens is 566 g/mol. The minimum absolute atomic E-state index is 0.0313. The Morgan fingerprint density at radius 3 is 2.41 bits per heavy atom. The number of alkyl carbamates (subject to hydrolysis) is 1. The molecule has 1 atom stereocenters. The number of amides is 1. The normalized spacial score (nSPS) is 13.9. The zero-order valence-electron chi connectivity index (χ0n) is 23.8. The molecule has 0 aliphatic rings. The van der Waals surface area contributed by atoms with Gasteiger partial charge < -0.3 is 10.1 Å². The highest BCUT2D eigenvalue weighted by molar-refractivity contribution is 7.89. The highest BCUT2D eigenvalue weighted by atomic mass is 35.5. The number of hydrogen-bond acceptors (Lipinski definition) is 7. The molecule has 1 amide bonds. The third-order valence-corrected chi connectivity index (χ3v) is 7.55. The third kappa shape index (κ3) is 8.05. The summed E-state index contributed by atoms with van der Waals surface area (Å²) < 4.78 is 34.9. The van der Waals surface area contributed by atoms with Crippen LogP contribution in [-0.4, -0.2) is 48.3 Å². The van der Waals surface area contributed by atoms with Crippen LogP contribution in [0.2, 0.25) is 0 Å². The van der Waals surface area contributed by atoms with Gasteiger partial charge >= 0.3 is 6.09 Å². The van der Waals surface area contributed by atoms with Crippen LogP contribution < -0.4 is 10.0 Å². The number of benzene rings is 1. The van der Waals surface area contributed by atoms with E-state index in [-0.39, 0.29) is 27.6 Å². The summed E-state index contributed by atoms with van der Waals surface area (Å²) in [6, 6.07) is 10.6. The SMILES string of the molecule is C=N/C(Cl)=C(\C=C(/C)c1cnc2c(ccn2C(=O)[C@@H](NC(=O)OC(C)(C)C)C(C)C)c1)NS(=O)(=O)c1ccccc1. The number of aliphatic imine (C=N–C) groups is 1. The summed E-state index contributed by atoms with van der Waals surface area (Å²) in [5, 5.41) is 3.19. The summed E-state index contributed by atoms with van der Waals surface area (Å²) >= 11 is 6.20. The molecule has 3 rings (SSSR count). The van der Waals surface area contributed by atoms with Crippen molar-refractivity contribution in [3.8, 4) is 0 Å². The lowest BCUT2D eigenvalue weighted by Crippen LogP contribution is -2.48. The van der Waals surface area contributed by atoms with Crippen LogP contribution in [0.1, 0.15) is 51.9 Å². The van der Waals surface area contributed by atoms with Crippen molar-refractivity contribution in [1.29, 1.82) is 0 Å². The van der Waals surface area contributed by atoms with Gasteiger partial charge in [-0.2, -0.15) is 0 Å². The Hall–Kier alpha value is -3.96. The second-order valence-corrected chi connectivity index (χ2v) is 12.7. The number of allylic oxidation sites excluding steroid dienone is 2. The Labute approximate surface area is 245 Å². The lowest BCUT2D eigenvalue weighted by Gasteiger charge is -2.25. The summed E-state index contributed by atoms with van der Waals surface area (Å²) in [6.45, 7) is 14.0. The standard InChI is InChI=1S/C29H34ClN5O5S/c1-18(2)24(33-28(37)40-29(4,5)6)27(36)35-14-13-20-16-21(17-32-26(20)35)19(3)15-23(25(30)31-7)34-41(38,39)22-11-9-8-10-12-22/h8-18,24,34H,7H2,1-6H3,(H,33,37)/b19-15+,25-23+/t24-/m0/s1. The number of ether oxygens (including phenoxy) is 1. The highest BCUT2D eigenvalue weighted by Gasteiger charge is 2.29. The summed E-state index contributed by atoms with van der Waals surface area (Å²) in [6.07, 6.45) is 3.99. The number of pyridine rings is 1. The van der Waals surface area contributed by atoms with E-state index in [4.69, 9.17) is 16.3 Å². The molecule has 0 spiro atoms. The van der Waals surface area contributed by atoms with Gasteiger partial charge in [0, 0.05) is 17.8 Å². The Balaban J connectivity index is 1.91. The summed E-state index contributed by atoms with van der Waals surface area (Å²) in [4.78, 5) is 34.0. The lowest BCUT2D eigenvalue weighted by atomic mass is 10.0. The first-order chi connectivity index (χ1) is 19.1. The molecule has 0 bridgehead atoms. The monoisotopic (exact) mass is 599 g/mol. The summed E-state index contributed by atoms with van der Waals surface area (Å²) in [5.74, 6) is -0.581. The minimum Gasteiger partial charge on any atom is -0.444 e. The molecule has 3 aromatic rings. The number of aromatic nitrogens is 2. The Kier molecular flexibility index (Phi) is 9.77. The van der Waals surface area contributed by atoms with E-state index < -0.39 is 27.8 Å². The number of rotatable bonds is 9. The van der Waals surface area contributed by atoms with Crippen LogP contribution in [0.15, 0.2) is 81.7 Å². The molecular formula is C29H34ClN5O5S. The smallest absolute Gasteiger partial charge is 0.408 e. The van der Waals surface area contributed by atoms with E-state index in [2.05, 4.69) is 26.7 Å². The average molecular weight is 600 g/mol. The van der Waals surface area contributed by atoms with E-state index in [1.165, 1.54) is 22.8 Å². The maximum atomic E-state index is 13.4. The van der Waals surface area contributed by atoms with Gasteiger partial charge in [-0.05, 0) is 81.8 Å². The largest absolute Gasteiger partial charge is 0.444 e. The Morgan fingerprint density at radius 1 is 1.17 bits per heavy atom. The van der Waals surface area contributed by atoms with Crippen LogP contribution >= 0.6 is 11.6 Å². The zero-order valence-corrected chi connectivity index (χ0v) is 25.4. The average Bonchev–Trinajstić information content (AvgIpc) is 3.33. The van der Waals surface area contributed by atoms with Crippen molar-refractivity contribution in [3.05, 3.63) is 77.4 Å². The quantitative estimate of drug-likeness (QED) is 0.184. The van der Waals surface area contributed by atoms with E-state index in [9.17, 15) is 18.0 Å². The summed E-state index contributed by atoms with van der Waals surface area (Å²) in [5.41, 5.74) is 0.997. The second kappa shape index (κ2) is 12.7. The van der Waals surface area contributed by atoms with Crippen LogP contribution in [0.4, 0.5) is 4.79 Å². The molecule has 2 heterocycles. The van der Waals surface area contributed by atoms with Crippen LogP contribution in [0.25, 0.3) is 16.6 Å². The zero-order chi connectivity index (χ0) is 30.5. The maximum absolute atomic E-state index is 13.4. The van der Waals surface area contributed by atoms with Crippen molar-refractivity contribution in [2.24, 2.45) is 10.9 Å². The number of carbonyl (C=O) groups excluding carboxylic acids is 2. The number of fused-ring (bicyclic) bond motifs is 1. The van der Waals surface area contributed by atoms with Gasteiger partial charge in [-0.15, -0.1) is 0 Å². The van der Waals surface area contributed by atoms with Gasteiger partial charge in [-0.25, -0.2) is 18.2 Å². The molecule has 1 aromatic carbocycles. The van der Waals surface area contributed by atoms with Crippen molar-refractivity contribution in [1.82, 2.24) is 19.6 Å². The highest BCUT2D eigenvalue weighted by Crippen LogP contribution is 2.24. The van der Waals surface area contributed by atoms with Crippen molar-refractivity contribution < 1.29 is 22.7 Å². The fourth-order valence-electron chi connectivity index (χ4n) is 3.83. The van der Waals surface area contributed by atoms with Gasteiger partial charge in [0.05, 0.1) is 10.6 Å². The molecule has 0 aliphatic heterocycles. The van der Waals surface area contributed by atoms with E-state index in [1.54, 1.807) is 64.4 Å². The van der Waals surface area contributed by atoms with Crippen LogP contribution in [0.5, 0.6) is 0 Å². The number of nitrogens with zero attached hydrogens (tertiary/aromatic N) is 3. The molecule has 0 saturated carbocycles. The molecule has 10 nitrogen and oxygen atoms in total. The van der Waals surface area contributed by atoms with Crippen LogP contribution in [0.3, 0.4) is 0 Å². The van der Waals surface area contributed by atoms with Crippen molar-refractivity contribution in [3.63, 3.8) is 0 Å². The van der Waals surface area contributed by atoms with Gasteiger partial charge in [0.25, 0.3) is 15.9 Å². The lowest BCUT2D eigenvalue weighted by molar-refractivity contribution is 0.0465. The molecule has 0 aliphatic carbocycles. The van der Waals surface area contributed by atoms with E-state index >= 15 is 0 Å². The van der Waals surface area contributed by atoms with Crippen LogP contribution in [0, 0.1) is 5.92 Å². The molecule has 12 heteroatoms. The van der Waals surface area contributed by atoms with E-state index in [0.717, 1.165) is 0 Å². The number of carbonyl (C=O) groups is 2. The molecule has 0 saturated heterocycles. The molecule has 218 valence electrons. The molecule has 0 fully saturated rings. The number of nitrogens with one attached hydrogen (secondary N) is 2. The van der Waals surface area contributed by atoms with Crippen LogP contribution in [-0.2, 0) is 14.8 Å². The Morgan fingerprint density at radius 2 is 1.83 bits per heavy atom. The topological polar surface area (TPSA) is 132 Å². The number of hydrogen-bond donors (Lipinski definition) is 2. The van der Waals surface area contributed by atoms with Crippen molar-refractivity contribution in [2.75, 3.05) is 0 Å². The fraction of sp³-hybridized carbons (Fsp3) is 0.310.